The fourth-order valence-electron chi connectivity index (χ4n) is 5.43. The molecule has 1 aromatic carbocycles. The molecule has 4 heteroatoms. The number of ketones is 1. The van der Waals surface area contributed by atoms with E-state index in [-0.39, 0.29) is 11.8 Å². The first-order valence-electron chi connectivity index (χ1n) is 12.1. The zero-order valence-corrected chi connectivity index (χ0v) is 18.7. The van der Waals surface area contributed by atoms with E-state index in [0.29, 0.717) is 5.78 Å². The van der Waals surface area contributed by atoms with Crippen molar-refractivity contribution in [2.45, 2.75) is 50.9 Å². The van der Waals surface area contributed by atoms with Crippen LogP contribution in [0.3, 0.4) is 0 Å². The quantitative estimate of drug-likeness (QED) is 0.447. The van der Waals surface area contributed by atoms with Crippen LogP contribution in [0, 0.1) is 5.92 Å². The van der Waals surface area contributed by atoms with Crippen LogP contribution >= 0.6 is 0 Å². The van der Waals surface area contributed by atoms with Gasteiger partial charge in [0.2, 0.25) is 0 Å². The Morgan fingerprint density at radius 2 is 2.00 bits per heavy atom. The van der Waals surface area contributed by atoms with Gasteiger partial charge in [0.15, 0.2) is 0 Å². The van der Waals surface area contributed by atoms with Gasteiger partial charge in [-0.1, -0.05) is 43.5 Å². The standard InChI is InChI=1S/C28H32N2O2/c31-28(22-7-2-1-3-8-22)25(26-10-4-5-16-29-26)14-19-30-17-12-21(13-18-30)23-9-6-11-27-24(23)15-20-32-27/h4-6,9-12,15-16,20,22,25H,1-3,7-8,13-14,17-19H2. The lowest BCUT2D eigenvalue weighted by Gasteiger charge is -2.29. The smallest absolute Gasteiger partial charge is 0.145 e. The van der Waals surface area contributed by atoms with Gasteiger partial charge in [-0.3, -0.25) is 14.7 Å². The molecule has 0 bridgehead atoms. The lowest BCUT2D eigenvalue weighted by atomic mass is 9.79. The zero-order chi connectivity index (χ0) is 21.8. The Bertz CT molecular complexity index is 1080. The first-order chi connectivity index (χ1) is 15.8. The van der Waals surface area contributed by atoms with Crippen molar-refractivity contribution in [2.75, 3.05) is 19.6 Å². The van der Waals surface area contributed by atoms with Crippen LogP contribution in [0.15, 0.2) is 65.4 Å². The van der Waals surface area contributed by atoms with Crippen molar-refractivity contribution in [3.05, 3.63) is 72.3 Å². The first-order valence-corrected chi connectivity index (χ1v) is 12.1. The minimum absolute atomic E-state index is 0.0793. The molecule has 3 heterocycles. The molecule has 2 aliphatic rings. The number of carbonyl (C=O) groups is 1. The summed E-state index contributed by atoms with van der Waals surface area (Å²) in [4.78, 5) is 20.5. The molecular formula is C28H32N2O2. The Kier molecular flexibility index (Phi) is 6.49. The van der Waals surface area contributed by atoms with Gasteiger partial charge in [0.25, 0.3) is 0 Å². The van der Waals surface area contributed by atoms with Gasteiger partial charge in [-0.05, 0) is 67.6 Å². The maximum absolute atomic E-state index is 13.4. The number of hydrogen-bond donors (Lipinski definition) is 0. The van der Waals surface area contributed by atoms with Crippen molar-refractivity contribution in [3.63, 3.8) is 0 Å². The third-order valence-electron chi connectivity index (χ3n) is 7.26. The number of carbonyl (C=O) groups excluding carboxylic acids is 1. The number of aromatic nitrogens is 1. The normalized spacial score (nSPS) is 19.1. The van der Waals surface area contributed by atoms with Crippen LogP contribution in [-0.4, -0.2) is 35.3 Å². The molecule has 166 valence electrons. The molecule has 0 amide bonds. The number of benzene rings is 1. The van der Waals surface area contributed by atoms with Gasteiger partial charge in [0.05, 0.1) is 17.9 Å². The molecule has 1 aliphatic carbocycles. The number of furan rings is 1. The molecule has 3 aromatic rings. The summed E-state index contributed by atoms with van der Waals surface area (Å²) in [6.07, 6.45) is 13.6. The van der Waals surface area contributed by atoms with E-state index in [1.165, 1.54) is 35.8 Å². The number of Topliss-reactive ketones (excluding diaryl/α,β-unsaturated/α-hetero) is 1. The summed E-state index contributed by atoms with van der Waals surface area (Å²) >= 11 is 0. The summed E-state index contributed by atoms with van der Waals surface area (Å²) in [6, 6.07) is 14.3. The summed E-state index contributed by atoms with van der Waals surface area (Å²) < 4.78 is 5.57. The van der Waals surface area contributed by atoms with Crippen LogP contribution in [0.4, 0.5) is 0 Å². The van der Waals surface area contributed by atoms with E-state index in [0.717, 1.165) is 56.6 Å². The second-order valence-corrected chi connectivity index (χ2v) is 9.25. The van der Waals surface area contributed by atoms with Crippen molar-refractivity contribution >= 4 is 22.3 Å². The molecule has 5 rings (SSSR count). The van der Waals surface area contributed by atoms with E-state index < -0.39 is 0 Å². The van der Waals surface area contributed by atoms with Crippen molar-refractivity contribution in [1.82, 2.24) is 9.88 Å². The number of pyridine rings is 1. The van der Waals surface area contributed by atoms with Crippen molar-refractivity contribution in [1.29, 1.82) is 0 Å². The molecule has 0 N–H and O–H groups in total. The highest BCUT2D eigenvalue weighted by atomic mass is 16.3. The fourth-order valence-corrected chi connectivity index (χ4v) is 5.43. The molecule has 1 atom stereocenters. The van der Waals surface area contributed by atoms with E-state index in [2.05, 4.69) is 34.2 Å². The van der Waals surface area contributed by atoms with Gasteiger partial charge in [-0.15, -0.1) is 0 Å². The van der Waals surface area contributed by atoms with Crippen LogP contribution in [0.2, 0.25) is 0 Å². The van der Waals surface area contributed by atoms with Crippen LogP contribution < -0.4 is 0 Å². The highest BCUT2D eigenvalue weighted by Gasteiger charge is 2.30. The molecule has 0 saturated heterocycles. The summed E-state index contributed by atoms with van der Waals surface area (Å²) in [5, 5.41) is 1.19. The number of nitrogens with zero attached hydrogens (tertiary/aromatic N) is 2. The van der Waals surface area contributed by atoms with E-state index >= 15 is 0 Å². The van der Waals surface area contributed by atoms with Crippen LogP contribution in [0.5, 0.6) is 0 Å². The Morgan fingerprint density at radius 3 is 2.78 bits per heavy atom. The minimum Gasteiger partial charge on any atom is -0.464 e. The lowest BCUT2D eigenvalue weighted by Crippen LogP contribution is -2.33. The van der Waals surface area contributed by atoms with Gasteiger partial charge >= 0.3 is 0 Å². The zero-order valence-electron chi connectivity index (χ0n) is 18.7. The van der Waals surface area contributed by atoms with E-state index in [9.17, 15) is 4.79 Å². The second kappa shape index (κ2) is 9.83. The summed E-state index contributed by atoms with van der Waals surface area (Å²) in [5.74, 6) is 0.562. The SMILES string of the molecule is O=C(C1CCCCC1)C(CCN1CC=C(c2cccc3occc23)CC1)c1ccccn1. The average Bonchev–Trinajstić information content (AvgIpc) is 3.35. The molecule has 32 heavy (non-hydrogen) atoms. The first kappa shape index (κ1) is 21.1. The molecule has 4 nitrogen and oxygen atoms in total. The molecule has 1 aliphatic heterocycles. The summed E-state index contributed by atoms with van der Waals surface area (Å²) in [5.41, 5.74) is 4.58. The molecule has 0 radical (unpaired) electrons. The van der Waals surface area contributed by atoms with Crippen molar-refractivity contribution in [3.8, 4) is 0 Å². The molecule has 2 aromatic heterocycles. The third kappa shape index (κ3) is 4.56. The largest absolute Gasteiger partial charge is 0.464 e. The highest BCUT2D eigenvalue weighted by Crippen LogP contribution is 2.33. The van der Waals surface area contributed by atoms with Gasteiger partial charge < -0.3 is 4.42 Å². The van der Waals surface area contributed by atoms with E-state index in [4.69, 9.17) is 4.42 Å². The van der Waals surface area contributed by atoms with Crippen LogP contribution in [-0.2, 0) is 4.79 Å². The average molecular weight is 429 g/mol. The monoisotopic (exact) mass is 428 g/mol. The molecule has 0 spiro atoms. The van der Waals surface area contributed by atoms with Gasteiger partial charge in [-0.25, -0.2) is 0 Å². The van der Waals surface area contributed by atoms with Gasteiger partial charge in [0.1, 0.15) is 11.4 Å². The van der Waals surface area contributed by atoms with E-state index in [1.807, 2.05) is 30.5 Å². The predicted octanol–water partition coefficient (Wildman–Crippen LogP) is 6.24. The molecule has 1 unspecified atom stereocenters. The maximum Gasteiger partial charge on any atom is 0.145 e. The molecule has 1 fully saturated rings. The number of hydrogen-bond acceptors (Lipinski definition) is 4. The summed E-state index contributed by atoms with van der Waals surface area (Å²) in [7, 11) is 0. The molecular weight excluding hydrogens is 396 g/mol. The Labute approximate surface area is 190 Å². The van der Waals surface area contributed by atoms with Crippen molar-refractivity contribution < 1.29 is 9.21 Å². The van der Waals surface area contributed by atoms with Crippen molar-refractivity contribution in [2.24, 2.45) is 5.92 Å². The third-order valence-corrected chi connectivity index (χ3v) is 7.26. The predicted molar refractivity (Wildman–Crippen MR) is 128 cm³/mol. The fraction of sp³-hybridized carbons (Fsp3) is 0.429. The Morgan fingerprint density at radius 1 is 1.09 bits per heavy atom. The maximum atomic E-state index is 13.4. The van der Waals surface area contributed by atoms with E-state index in [1.54, 1.807) is 6.26 Å². The lowest BCUT2D eigenvalue weighted by molar-refractivity contribution is -0.125. The number of fused-ring (bicyclic) bond motifs is 1. The van der Waals surface area contributed by atoms with Crippen LogP contribution in [0.25, 0.3) is 16.5 Å². The topological polar surface area (TPSA) is 46.3 Å². The number of rotatable bonds is 7. The summed E-state index contributed by atoms with van der Waals surface area (Å²) in [6.45, 7) is 2.88. The van der Waals surface area contributed by atoms with Gasteiger partial charge in [0, 0.05) is 30.6 Å². The molecule has 1 saturated carbocycles. The van der Waals surface area contributed by atoms with Crippen LogP contribution in [0.1, 0.15) is 62.1 Å². The second-order valence-electron chi connectivity index (χ2n) is 9.25. The Hall–Kier alpha value is -2.72. The van der Waals surface area contributed by atoms with Gasteiger partial charge in [-0.2, -0.15) is 0 Å². The minimum atomic E-state index is -0.0793. The highest BCUT2D eigenvalue weighted by molar-refractivity contribution is 5.91. The Balaban J connectivity index is 1.26.